The van der Waals surface area contributed by atoms with Gasteiger partial charge in [-0.3, -0.25) is 0 Å². The van der Waals surface area contributed by atoms with Gasteiger partial charge in [0.25, 0.3) is 0 Å². The van der Waals surface area contributed by atoms with Crippen molar-refractivity contribution in [2.75, 3.05) is 0 Å². The number of hydrogen-bond donors (Lipinski definition) is 1. The fourth-order valence-electron chi connectivity index (χ4n) is 1.54. The molecule has 0 aliphatic rings. The van der Waals surface area contributed by atoms with Gasteiger partial charge in [-0.15, -0.1) is 0 Å². The second-order valence-electron chi connectivity index (χ2n) is 3.57. The SMILES string of the molecule is Cc1cnc(-c2c(Cl)cccc2C(F)(F)F)[nH]1. The Labute approximate surface area is 100 Å². The molecule has 0 spiro atoms. The molecule has 1 aromatic heterocycles. The van der Waals surface area contributed by atoms with Crippen LogP contribution >= 0.6 is 11.6 Å². The second-order valence-corrected chi connectivity index (χ2v) is 3.98. The van der Waals surface area contributed by atoms with E-state index in [9.17, 15) is 13.2 Å². The molecule has 0 aliphatic heterocycles. The standard InChI is InChI=1S/C11H8ClF3N2/c1-6-5-16-10(17-6)9-7(11(13,14)15)3-2-4-8(9)12/h2-5H,1H3,(H,16,17). The van der Waals surface area contributed by atoms with E-state index in [0.29, 0.717) is 5.69 Å². The molecule has 0 atom stereocenters. The van der Waals surface area contributed by atoms with Crippen molar-refractivity contribution in [1.29, 1.82) is 0 Å². The number of H-pyrrole nitrogens is 1. The first-order chi connectivity index (χ1) is 7.89. The van der Waals surface area contributed by atoms with Crippen molar-refractivity contribution >= 4 is 11.6 Å². The van der Waals surface area contributed by atoms with Crippen LogP contribution in [-0.2, 0) is 6.18 Å². The summed E-state index contributed by atoms with van der Waals surface area (Å²) in [6.07, 6.45) is -3.00. The molecule has 0 amide bonds. The maximum Gasteiger partial charge on any atom is 0.417 e. The fraction of sp³-hybridized carbons (Fsp3) is 0.182. The molecule has 1 aromatic carbocycles. The minimum absolute atomic E-state index is 0.0224. The number of nitrogens with zero attached hydrogens (tertiary/aromatic N) is 1. The Morgan fingerprint density at radius 3 is 2.53 bits per heavy atom. The molecule has 2 rings (SSSR count). The molecule has 0 saturated heterocycles. The zero-order valence-electron chi connectivity index (χ0n) is 8.77. The number of rotatable bonds is 1. The van der Waals surface area contributed by atoms with Crippen molar-refractivity contribution in [2.45, 2.75) is 13.1 Å². The topological polar surface area (TPSA) is 28.7 Å². The van der Waals surface area contributed by atoms with Gasteiger partial charge in [0.1, 0.15) is 5.82 Å². The molecule has 0 aliphatic carbocycles. The molecule has 0 saturated carbocycles. The Morgan fingerprint density at radius 2 is 2.00 bits per heavy atom. The molecule has 1 N–H and O–H groups in total. The number of alkyl halides is 3. The average Bonchev–Trinajstić information content (AvgIpc) is 2.63. The van der Waals surface area contributed by atoms with E-state index in [1.807, 2.05) is 0 Å². The number of nitrogens with one attached hydrogen (secondary N) is 1. The minimum Gasteiger partial charge on any atom is -0.342 e. The third-order valence-electron chi connectivity index (χ3n) is 2.26. The lowest BCUT2D eigenvalue weighted by molar-refractivity contribution is -0.137. The van der Waals surface area contributed by atoms with Crippen molar-refractivity contribution < 1.29 is 13.2 Å². The first-order valence-corrected chi connectivity index (χ1v) is 5.15. The van der Waals surface area contributed by atoms with Gasteiger partial charge in [0.15, 0.2) is 0 Å². The van der Waals surface area contributed by atoms with Gasteiger partial charge >= 0.3 is 6.18 Å². The number of aromatic nitrogens is 2. The summed E-state index contributed by atoms with van der Waals surface area (Å²) in [5.41, 5.74) is -0.234. The molecular weight excluding hydrogens is 253 g/mol. The third-order valence-corrected chi connectivity index (χ3v) is 2.57. The Balaban J connectivity index is 2.67. The summed E-state index contributed by atoms with van der Waals surface area (Å²) in [6.45, 7) is 1.71. The van der Waals surface area contributed by atoms with Crippen LogP contribution in [0.4, 0.5) is 13.2 Å². The van der Waals surface area contributed by atoms with Crippen LogP contribution in [-0.4, -0.2) is 9.97 Å². The van der Waals surface area contributed by atoms with Crippen molar-refractivity contribution in [1.82, 2.24) is 9.97 Å². The molecule has 17 heavy (non-hydrogen) atoms. The highest BCUT2D eigenvalue weighted by molar-refractivity contribution is 6.33. The second kappa shape index (κ2) is 4.07. The number of benzene rings is 1. The van der Waals surface area contributed by atoms with E-state index in [4.69, 9.17) is 11.6 Å². The number of hydrogen-bond acceptors (Lipinski definition) is 1. The summed E-state index contributed by atoms with van der Waals surface area (Å²) >= 11 is 5.82. The maximum atomic E-state index is 12.8. The Hall–Kier alpha value is -1.49. The fourth-order valence-corrected chi connectivity index (χ4v) is 1.80. The molecule has 0 fully saturated rings. The molecule has 6 heteroatoms. The van der Waals surface area contributed by atoms with Crippen molar-refractivity contribution in [2.24, 2.45) is 0 Å². The van der Waals surface area contributed by atoms with Gasteiger partial charge < -0.3 is 4.98 Å². The van der Waals surface area contributed by atoms with E-state index >= 15 is 0 Å². The van der Waals surface area contributed by atoms with Gasteiger partial charge in [-0.05, 0) is 19.1 Å². The zero-order valence-corrected chi connectivity index (χ0v) is 9.52. The van der Waals surface area contributed by atoms with Crippen LogP contribution in [0.5, 0.6) is 0 Å². The quantitative estimate of drug-likeness (QED) is 0.823. The normalized spacial score (nSPS) is 11.8. The van der Waals surface area contributed by atoms with Crippen LogP contribution in [0.1, 0.15) is 11.3 Å². The lowest BCUT2D eigenvalue weighted by Gasteiger charge is -2.12. The van der Waals surface area contributed by atoms with Gasteiger partial charge in [0, 0.05) is 17.5 Å². The first-order valence-electron chi connectivity index (χ1n) is 4.77. The summed E-state index contributed by atoms with van der Waals surface area (Å²) in [4.78, 5) is 6.63. The Morgan fingerprint density at radius 1 is 1.29 bits per heavy atom. The van der Waals surface area contributed by atoms with Crippen molar-refractivity contribution in [3.63, 3.8) is 0 Å². The number of aryl methyl sites for hydroxylation is 1. The van der Waals surface area contributed by atoms with Crippen molar-refractivity contribution in [3.8, 4) is 11.4 Å². The highest BCUT2D eigenvalue weighted by Gasteiger charge is 2.35. The molecule has 1 heterocycles. The number of imidazole rings is 1. The molecule has 2 nitrogen and oxygen atoms in total. The third kappa shape index (κ3) is 2.29. The van der Waals surface area contributed by atoms with E-state index < -0.39 is 11.7 Å². The highest BCUT2D eigenvalue weighted by Crippen LogP contribution is 2.39. The molecule has 0 radical (unpaired) electrons. The van der Waals surface area contributed by atoms with Crippen LogP contribution in [0.2, 0.25) is 5.02 Å². The van der Waals surface area contributed by atoms with Gasteiger partial charge in [0.05, 0.1) is 10.6 Å². The smallest absolute Gasteiger partial charge is 0.342 e. The van der Waals surface area contributed by atoms with Crippen LogP contribution in [0.25, 0.3) is 11.4 Å². The number of aromatic amines is 1. The maximum absolute atomic E-state index is 12.8. The molecule has 0 unspecified atom stereocenters. The van der Waals surface area contributed by atoms with Gasteiger partial charge in [-0.25, -0.2) is 4.98 Å². The van der Waals surface area contributed by atoms with Gasteiger partial charge in [0.2, 0.25) is 0 Å². The van der Waals surface area contributed by atoms with Crippen molar-refractivity contribution in [3.05, 3.63) is 40.7 Å². The Kier molecular flexibility index (Phi) is 2.87. The van der Waals surface area contributed by atoms with E-state index in [1.54, 1.807) is 6.92 Å². The van der Waals surface area contributed by atoms with Crippen LogP contribution in [0, 0.1) is 6.92 Å². The lowest BCUT2D eigenvalue weighted by atomic mass is 10.1. The summed E-state index contributed by atoms with van der Waals surface area (Å²) in [5.74, 6) is 0.125. The van der Waals surface area contributed by atoms with Gasteiger partial charge in [-0.1, -0.05) is 17.7 Å². The molecular formula is C11H8ClF3N2. The molecule has 90 valence electrons. The predicted molar refractivity (Wildman–Crippen MR) is 58.8 cm³/mol. The van der Waals surface area contributed by atoms with Crippen LogP contribution in [0.15, 0.2) is 24.4 Å². The Bertz CT molecular complexity index is 546. The summed E-state index contributed by atoms with van der Waals surface area (Å²) < 4.78 is 38.5. The lowest BCUT2D eigenvalue weighted by Crippen LogP contribution is -2.07. The molecule has 2 aromatic rings. The predicted octanol–water partition coefficient (Wildman–Crippen LogP) is 4.06. The first kappa shape index (κ1) is 12.0. The number of halogens is 4. The van der Waals surface area contributed by atoms with E-state index in [1.165, 1.54) is 18.3 Å². The van der Waals surface area contributed by atoms with Gasteiger partial charge in [-0.2, -0.15) is 13.2 Å². The monoisotopic (exact) mass is 260 g/mol. The van der Waals surface area contributed by atoms with E-state index in [-0.39, 0.29) is 16.4 Å². The summed E-state index contributed by atoms with van der Waals surface area (Å²) in [5, 5.41) is 0.0224. The van der Waals surface area contributed by atoms with Crippen LogP contribution < -0.4 is 0 Å². The largest absolute Gasteiger partial charge is 0.417 e. The van der Waals surface area contributed by atoms with E-state index in [0.717, 1.165) is 6.07 Å². The highest BCUT2D eigenvalue weighted by atomic mass is 35.5. The summed E-state index contributed by atoms with van der Waals surface area (Å²) in [6, 6.07) is 3.66. The van der Waals surface area contributed by atoms with E-state index in [2.05, 4.69) is 9.97 Å². The zero-order chi connectivity index (χ0) is 12.6. The molecule has 0 bridgehead atoms. The van der Waals surface area contributed by atoms with Crippen LogP contribution in [0.3, 0.4) is 0 Å². The summed E-state index contributed by atoms with van der Waals surface area (Å²) in [7, 11) is 0. The average molecular weight is 261 g/mol. The minimum atomic E-state index is -4.46.